The van der Waals surface area contributed by atoms with Crippen LogP contribution in [0.4, 0.5) is 17.5 Å². The molecule has 1 unspecified atom stereocenters. The quantitative estimate of drug-likeness (QED) is 0.657. The Balaban J connectivity index is 2.32. The third-order valence-electron chi connectivity index (χ3n) is 4.20. The number of aromatic nitrogens is 2. The summed E-state index contributed by atoms with van der Waals surface area (Å²) in [5, 5.41) is 15.9. The topological polar surface area (TPSA) is 87.1 Å². The molecule has 140 valence electrons. The van der Waals surface area contributed by atoms with Gasteiger partial charge in [0.1, 0.15) is 5.82 Å². The standard InChI is InChI=1S/C20H28N4O2/c1-6-7-16(20(3,4)5)23-17-12-15(18(25)26)22-19(24-17)21-14-10-8-13(2)9-11-14/h8-12,16H,6-7H2,1-5H3,(H,25,26)(H2,21,22,23,24). The molecule has 2 aromatic rings. The maximum Gasteiger partial charge on any atom is 0.354 e. The first-order chi connectivity index (χ1) is 12.2. The van der Waals surface area contributed by atoms with E-state index in [1.165, 1.54) is 6.07 Å². The second-order valence-corrected chi connectivity index (χ2v) is 7.61. The summed E-state index contributed by atoms with van der Waals surface area (Å²) < 4.78 is 0. The van der Waals surface area contributed by atoms with Crippen molar-refractivity contribution in [3.8, 4) is 0 Å². The molecule has 0 amide bonds. The highest BCUT2D eigenvalue weighted by Crippen LogP contribution is 2.27. The van der Waals surface area contributed by atoms with Crippen LogP contribution in [-0.4, -0.2) is 27.1 Å². The smallest absolute Gasteiger partial charge is 0.354 e. The predicted molar refractivity (Wildman–Crippen MR) is 105 cm³/mol. The van der Waals surface area contributed by atoms with Gasteiger partial charge >= 0.3 is 5.97 Å². The normalized spacial score (nSPS) is 12.5. The first kappa shape index (κ1) is 19.7. The highest BCUT2D eigenvalue weighted by Gasteiger charge is 2.24. The van der Waals surface area contributed by atoms with Gasteiger partial charge < -0.3 is 15.7 Å². The molecule has 1 heterocycles. The SMILES string of the molecule is CCCC(Nc1cc(C(=O)O)nc(Nc2ccc(C)cc2)n1)C(C)(C)C. The predicted octanol–water partition coefficient (Wildman–Crippen LogP) is 4.85. The molecule has 3 N–H and O–H groups in total. The van der Waals surface area contributed by atoms with E-state index >= 15 is 0 Å². The fourth-order valence-electron chi connectivity index (χ4n) is 2.64. The van der Waals surface area contributed by atoms with Crippen LogP contribution in [0, 0.1) is 12.3 Å². The van der Waals surface area contributed by atoms with Gasteiger partial charge in [-0.15, -0.1) is 0 Å². The third-order valence-corrected chi connectivity index (χ3v) is 4.20. The molecule has 1 aromatic carbocycles. The molecule has 0 spiro atoms. The molecule has 0 saturated heterocycles. The number of aromatic carboxylic acids is 1. The van der Waals surface area contributed by atoms with E-state index in [9.17, 15) is 9.90 Å². The number of carboxylic acid groups (broad SMARTS) is 1. The molecule has 1 aromatic heterocycles. The lowest BCUT2D eigenvalue weighted by Crippen LogP contribution is -2.34. The molecule has 2 rings (SSSR count). The minimum absolute atomic E-state index is 0.0227. The minimum Gasteiger partial charge on any atom is -0.477 e. The van der Waals surface area contributed by atoms with Crippen molar-refractivity contribution in [2.75, 3.05) is 10.6 Å². The molecule has 0 saturated carbocycles. The minimum atomic E-state index is -1.08. The maximum atomic E-state index is 11.5. The van der Waals surface area contributed by atoms with Gasteiger partial charge in [-0.25, -0.2) is 9.78 Å². The summed E-state index contributed by atoms with van der Waals surface area (Å²) in [6.07, 6.45) is 2.00. The Hall–Kier alpha value is -2.63. The van der Waals surface area contributed by atoms with Gasteiger partial charge in [-0.1, -0.05) is 51.8 Å². The van der Waals surface area contributed by atoms with E-state index in [1.54, 1.807) is 0 Å². The Morgan fingerprint density at radius 1 is 1.19 bits per heavy atom. The van der Waals surface area contributed by atoms with Crippen LogP contribution < -0.4 is 10.6 Å². The van der Waals surface area contributed by atoms with E-state index < -0.39 is 5.97 Å². The average Bonchev–Trinajstić information content (AvgIpc) is 2.55. The number of nitrogens with zero attached hydrogens (tertiary/aromatic N) is 2. The molecule has 0 fully saturated rings. The molecule has 1 atom stereocenters. The van der Waals surface area contributed by atoms with E-state index in [4.69, 9.17) is 0 Å². The fraction of sp³-hybridized carbons (Fsp3) is 0.450. The largest absolute Gasteiger partial charge is 0.477 e. The molecule has 0 aliphatic heterocycles. The monoisotopic (exact) mass is 356 g/mol. The average molecular weight is 356 g/mol. The molecule has 6 heteroatoms. The molecule has 0 radical (unpaired) electrons. The number of carbonyl (C=O) groups is 1. The van der Waals surface area contributed by atoms with E-state index in [0.717, 1.165) is 24.1 Å². The molecule has 6 nitrogen and oxygen atoms in total. The van der Waals surface area contributed by atoms with Crippen LogP contribution in [0.1, 0.15) is 56.6 Å². The lowest BCUT2D eigenvalue weighted by atomic mass is 9.84. The van der Waals surface area contributed by atoms with Crippen molar-refractivity contribution in [2.45, 2.75) is 53.5 Å². The van der Waals surface area contributed by atoms with Crippen LogP contribution in [0.25, 0.3) is 0 Å². The number of carboxylic acids is 1. The fourth-order valence-corrected chi connectivity index (χ4v) is 2.64. The Kier molecular flexibility index (Phi) is 6.18. The van der Waals surface area contributed by atoms with Gasteiger partial charge in [0.2, 0.25) is 5.95 Å². The van der Waals surface area contributed by atoms with Gasteiger partial charge in [0.05, 0.1) is 0 Å². The highest BCUT2D eigenvalue weighted by molar-refractivity contribution is 5.86. The van der Waals surface area contributed by atoms with Crippen molar-refractivity contribution in [3.05, 3.63) is 41.6 Å². The molecule has 0 bridgehead atoms. The summed E-state index contributed by atoms with van der Waals surface area (Å²) in [4.78, 5) is 20.0. The van der Waals surface area contributed by atoms with E-state index in [-0.39, 0.29) is 23.1 Å². The zero-order chi connectivity index (χ0) is 19.3. The van der Waals surface area contributed by atoms with Crippen LogP contribution in [0.2, 0.25) is 0 Å². The number of hydrogen-bond acceptors (Lipinski definition) is 5. The number of anilines is 3. The number of hydrogen-bond donors (Lipinski definition) is 3. The summed E-state index contributed by atoms with van der Waals surface area (Å²) in [5.74, 6) is -0.300. The second kappa shape index (κ2) is 8.17. The summed E-state index contributed by atoms with van der Waals surface area (Å²) in [6, 6.07) is 9.43. The Morgan fingerprint density at radius 3 is 2.38 bits per heavy atom. The van der Waals surface area contributed by atoms with Gasteiger partial charge in [0, 0.05) is 17.8 Å². The Bertz CT molecular complexity index is 751. The number of aryl methyl sites for hydroxylation is 1. The third kappa shape index (κ3) is 5.44. The maximum absolute atomic E-state index is 11.5. The van der Waals surface area contributed by atoms with Crippen LogP contribution in [0.15, 0.2) is 30.3 Å². The lowest BCUT2D eigenvalue weighted by molar-refractivity contribution is 0.0690. The first-order valence-corrected chi connectivity index (χ1v) is 8.91. The van der Waals surface area contributed by atoms with Crippen LogP contribution in [0.5, 0.6) is 0 Å². The molecule has 0 aliphatic carbocycles. The van der Waals surface area contributed by atoms with E-state index in [2.05, 4.69) is 48.3 Å². The zero-order valence-corrected chi connectivity index (χ0v) is 16.1. The molecule has 26 heavy (non-hydrogen) atoms. The van der Waals surface area contributed by atoms with Gasteiger partial charge in [0.25, 0.3) is 0 Å². The van der Waals surface area contributed by atoms with Gasteiger partial charge in [-0.3, -0.25) is 0 Å². The van der Waals surface area contributed by atoms with Gasteiger partial charge in [0.15, 0.2) is 5.69 Å². The molecular formula is C20H28N4O2. The highest BCUT2D eigenvalue weighted by atomic mass is 16.4. The first-order valence-electron chi connectivity index (χ1n) is 8.91. The van der Waals surface area contributed by atoms with E-state index in [1.807, 2.05) is 31.2 Å². The summed E-state index contributed by atoms with van der Waals surface area (Å²) in [7, 11) is 0. The van der Waals surface area contributed by atoms with Gasteiger partial charge in [-0.05, 0) is 30.9 Å². The van der Waals surface area contributed by atoms with Crippen molar-refractivity contribution in [3.63, 3.8) is 0 Å². The van der Waals surface area contributed by atoms with E-state index in [0.29, 0.717) is 5.82 Å². The molecular weight excluding hydrogens is 328 g/mol. The number of nitrogens with one attached hydrogen (secondary N) is 2. The van der Waals surface area contributed by atoms with Gasteiger partial charge in [-0.2, -0.15) is 4.98 Å². The lowest BCUT2D eigenvalue weighted by Gasteiger charge is -2.32. The summed E-state index contributed by atoms with van der Waals surface area (Å²) in [6.45, 7) is 10.6. The van der Waals surface area contributed by atoms with Crippen molar-refractivity contribution in [1.29, 1.82) is 0 Å². The summed E-state index contributed by atoms with van der Waals surface area (Å²) >= 11 is 0. The molecule has 0 aliphatic rings. The van der Waals surface area contributed by atoms with Crippen LogP contribution in [0.3, 0.4) is 0 Å². The number of rotatable bonds is 7. The zero-order valence-electron chi connectivity index (χ0n) is 16.1. The Morgan fingerprint density at radius 2 is 1.85 bits per heavy atom. The number of benzene rings is 1. The van der Waals surface area contributed by atoms with Crippen molar-refractivity contribution < 1.29 is 9.90 Å². The van der Waals surface area contributed by atoms with Crippen molar-refractivity contribution in [1.82, 2.24) is 9.97 Å². The Labute approximate surface area is 155 Å². The van der Waals surface area contributed by atoms with Crippen LogP contribution in [-0.2, 0) is 0 Å². The van der Waals surface area contributed by atoms with Crippen molar-refractivity contribution >= 4 is 23.4 Å². The second-order valence-electron chi connectivity index (χ2n) is 7.61. The van der Waals surface area contributed by atoms with Crippen LogP contribution >= 0.6 is 0 Å². The summed E-state index contributed by atoms with van der Waals surface area (Å²) in [5.41, 5.74) is 1.94. The van der Waals surface area contributed by atoms with Crippen molar-refractivity contribution in [2.24, 2.45) is 5.41 Å².